The topological polar surface area (TPSA) is 96.7 Å². The number of allylic oxidation sites excluding steroid dienone is 2. The van der Waals surface area contributed by atoms with Crippen LogP contribution in [0.5, 0.6) is 0 Å². The number of benzene rings is 1. The average Bonchev–Trinajstić information content (AvgIpc) is 2.68. The van der Waals surface area contributed by atoms with Gasteiger partial charge in [-0.25, -0.2) is 10.8 Å². The van der Waals surface area contributed by atoms with E-state index < -0.39 is 17.3 Å². The molecule has 164 valence electrons. The Morgan fingerprint density at radius 2 is 2.07 bits per heavy atom. The van der Waals surface area contributed by atoms with E-state index in [1.165, 1.54) is 17.2 Å². The van der Waals surface area contributed by atoms with E-state index in [-0.39, 0.29) is 16.4 Å². The predicted molar refractivity (Wildman–Crippen MR) is 111 cm³/mol. The van der Waals surface area contributed by atoms with Gasteiger partial charge >= 0.3 is 6.18 Å². The zero-order valence-electron chi connectivity index (χ0n) is 17.0. The Balaban J connectivity index is 2.54. The molecule has 0 unspecified atom stereocenters. The first kappa shape index (κ1) is 23.8. The van der Waals surface area contributed by atoms with Crippen LogP contribution in [0, 0.1) is 0 Å². The van der Waals surface area contributed by atoms with Crippen LogP contribution in [0.3, 0.4) is 0 Å². The average molecular weight is 444 g/mol. The van der Waals surface area contributed by atoms with Crippen LogP contribution in [-0.2, 0) is 16.5 Å². The van der Waals surface area contributed by atoms with Crippen molar-refractivity contribution in [3.05, 3.63) is 57.5 Å². The number of carbonyl (C=O) groups excluding carboxylic acids is 1. The van der Waals surface area contributed by atoms with Crippen molar-refractivity contribution in [3.8, 4) is 0 Å². The van der Waals surface area contributed by atoms with Gasteiger partial charge in [-0.05, 0) is 50.8 Å². The van der Waals surface area contributed by atoms with E-state index in [1.54, 1.807) is 20.9 Å². The van der Waals surface area contributed by atoms with Crippen molar-refractivity contribution in [1.82, 2.24) is 10.3 Å². The second kappa shape index (κ2) is 9.09. The van der Waals surface area contributed by atoms with Crippen LogP contribution in [-0.4, -0.2) is 24.2 Å². The van der Waals surface area contributed by atoms with E-state index in [0.717, 1.165) is 12.1 Å². The zero-order valence-corrected chi connectivity index (χ0v) is 17.7. The number of nitrogens with two attached hydrogens (primary N) is 2. The lowest BCUT2D eigenvalue weighted by atomic mass is 9.81. The number of rotatable bonds is 4. The minimum atomic E-state index is -4.49. The highest BCUT2D eigenvalue weighted by molar-refractivity contribution is 6.31. The maximum absolute atomic E-state index is 13.0. The maximum atomic E-state index is 13.0. The molecule has 0 aromatic heterocycles. The summed E-state index contributed by atoms with van der Waals surface area (Å²) in [5, 5.41) is 4.24. The number of hydrazine groups is 1. The number of piperidine rings is 1. The van der Waals surface area contributed by atoms with Gasteiger partial charge in [-0.1, -0.05) is 17.7 Å². The number of alkyl halides is 3. The monoisotopic (exact) mass is 443 g/mol. The van der Waals surface area contributed by atoms with Crippen LogP contribution in [0.15, 0.2) is 46.4 Å². The Kier molecular flexibility index (Phi) is 7.20. The molecule has 1 aromatic rings. The fourth-order valence-corrected chi connectivity index (χ4v) is 3.82. The highest BCUT2D eigenvalue weighted by Crippen LogP contribution is 2.44. The summed E-state index contributed by atoms with van der Waals surface area (Å²) >= 11 is 6.23. The summed E-state index contributed by atoms with van der Waals surface area (Å²) < 4.78 is 39.0. The third kappa shape index (κ3) is 4.79. The number of halogens is 4. The third-order valence-electron chi connectivity index (χ3n) is 5.24. The van der Waals surface area contributed by atoms with Gasteiger partial charge < -0.3 is 16.1 Å². The second-order valence-corrected chi connectivity index (χ2v) is 7.59. The molecule has 0 saturated carbocycles. The van der Waals surface area contributed by atoms with E-state index in [0.29, 0.717) is 42.6 Å². The Labute approximate surface area is 178 Å². The van der Waals surface area contributed by atoms with Gasteiger partial charge in [-0.3, -0.25) is 4.79 Å². The molecule has 30 heavy (non-hydrogen) atoms. The van der Waals surface area contributed by atoms with Gasteiger partial charge in [0.05, 0.1) is 34.0 Å². The molecule has 0 aliphatic carbocycles. The highest BCUT2D eigenvalue weighted by atomic mass is 35.5. The molecule has 1 fully saturated rings. The molecule has 1 aliphatic rings. The molecule has 0 spiro atoms. The largest absolute Gasteiger partial charge is 0.416 e. The van der Waals surface area contributed by atoms with Crippen LogP contribution >= 0.6 is 11.6 Å². The van der Waals surface area contributed by atoms with E-state index >= 15 is 0 Å². The summed E-state index contributed by atoms with van der Waals surface area (Å²) in [6.45, 7) is 3.50. The first-order chi connectivity index (χ1) is 14.0. The minimum Gasteiger partial charge on any atom is -0.396 e. The molecular weight excluding hydrogens is 419 g/mol. The van der Waals surface area contributed by atoms with E-state index in [4.69, 9.17) is 23.2 Å². The minimum absolute atomic E-state index is 0.0321. The number of nitrogens with one attached hydrogen (secondary N) is 1. The van der Waals surface area contributed by atoms with Crippen molar-refractivity contribution in [2.24, 2.45) is 16.6 Å². The van der Waals surface area contributed by atoms with Gasteiger partial charge in [0, 0.05) is 18.1 Å². The van der Waals surface area contributed by atoms with Crippen molar-refractivity contribution in [2.75, 3.05) is 7.05 Å². The van der Waals surface area contributed by atoms with Gasteiger partial charge in [0.2, 0.25) is 0 Å². The number of amidine groups is 1. The van der Waals surface area contributed by atoms with Gasteiger partial charge in [-0.15, -0.1) is 0 Å². The Bertz CT molecular complexity index is 910. The van der Waals surface area contributed by atoms with Crippen LogP contribution in [0.2, 0.25) is 5.02 Å². The first-order valence-electron chi connectivity index (χ1n) is 9.25. The fourth-order valence-electron chi connectivity index (χ4n) is 3.43. The fraction of sp³-hybridized carbons (Fsp3) is 0.400. The maximum Gasteiger partial charge on any atom is 0.416 e. The molecule has 1 saturated heterocycles. The number of aliphatic imine (C=N–C) groups is 1. The third-order valence-corrected chi connectivity index (χ3v) is 5.55. The molecule has 1 aromatic carbocycles. The Morgan fingerprint density at radius 1 is 1.40 bits per heavy atom. The molecule has 2 rings (SSSR count). The standard InChI is InChI=1S/C20H25ClF3N5O/c1-12(27-3)28-16(8-10-30)18(25)17-5-4-9-19(2,29(17)26)14-7-6-13(11-15(14)21)20(22,23)24/h6-8,10-11H,4-5,9,25-26H2,1-3H3,(H,27,28)/b16-8-,18-17+/t19-/m0/s1. The van der Waals surface area contributed by atoms with Gasteiger partial charge in [-0.2, -0.15) is 13.2 Å². The summed E-state index contributed by atoms with van der Waals surface area (Å²) in [5.41, 5.74) is 6.02. The van der Waals surface area contributed by atoms with Crippen molar-refractivity contribution < 1.29 is 18.0 Å². The molecule has 10 heteroatoms. The normalized spacial score (nSPS) is 22.7. The molecule has 1 aliphatic heterocycles. The van der Waals surface area contributed by atoms with Gasteiger partial charge in [0.1, 0.15) is 6.29 Å². The highest BCUT2D eigenvalue weighted by Gasteiger charge is 2.40. The molecule has 1 atom stereocenters. The Hall–Kier alpha value is -2.52. The first-order valence-corrected chi connectivity index (χ1v) is 9.63. The van der Waals surface area contributed by atoms with E-state index in [9.17, 15) is 18.0 Å². The van der Waals surface area contributed by atoms with Gasteiger partial charge in [0.25, 0.3) is 0 Å². The summed E-state index contributed by atoms with van der Waals surface area (Å²) in [6, 6.07) is 3.23. The van der Waals surface area contributed by atoms with Crippen molar-refractivity contribution in [3.63, 3.8) is 0 Å². The predicted octanol–water partition coefficient (Wildman–Crippen LogP) is 3.82. The lowest BCUT2D eigenvalue weighted by Crippen LogP contribution is -2.51. The number of aldehydes is 1. The van der Waals surface area contributed by atoms with Crippen LogP contribution < -0.4 is 16.9 Å². The van der Waals surface area contributed by atoms with E-state index in [2.05, 4.69) is 10.3 Å². The van der Waals surface area contributed by atoms with Crippen molar-refractivity contribution >= 4 is 23.7 Å². The van der Waals surface area contributed by atoms with Gasteiger partial charge in [0.15, 0.2) is 0 Å². The molecular formula is C20H25ClF3N5O. The number of carbonyl (C=O) groups is 1. The van der Waals surface area contributed by atoms with Crippen LogP contribution in [0.1, 0.15) is 44.2 Å². The number of nitrogens with zero attached hydrogens (tertiary/aromatic N) is 2. The second-order valence-electron chi connectivity index (χ2n) is 7.19. The van der Waals surface area contributed by atoms with Crippen molar-refractivity contribution in [2.45, 2.75) is 44.8 Å². The lowest BCUT2D eigenvalue weighted by molar-refractivity contribution is -0.137. The number of hydrogen-bond donors (Lipinski definition) is 3. The van der Waals surface area contributed by atoms with E-state index in [1.807, 2.05) is 0 Å². The smallest absolute Gasteiger partial charge is 0.396 e. The van der Waals surface area contributed by atoms with Crippen LogP contribution in [0.25, 0.3) is 0 Å². The number of hydrogen-bond acceptors (Lipinski definition) is 5. The van der Waals surface area contributed by atoms with Crippen LogP contribution in [0.4, 0.5) is 13.2 Å². The summed E-state index contributed by atoms with van der Waals surface area (Å²) in [7, 11) is 1.68. The molecule has 0 radical (unpaired) electrons. The molecule has 6 nitrogen and oxygen atoms in total. The molecule has 0 bridgehead atoms. The molecule has 1 heterocycles. The SMILES string of the molecule is CN\C(C)=N/C(=C\C=O)C(/N)=C1/CCC[C@@](C)(c2ccc(C(F)(F)F)cc2Cl)N1N. The summed E-state index contributed by atoms with van der Waals surface area (Å²) in [5.74, 6) is 6.96. The molecule has 5 N–H and O–H groups in total. The zero-order chi connectivity index (χ0) is 22.7. The van der Waals surface area contributed by atoms with Crippen molar-refractivity contribution in [1.29, 1.82) is 0 Å². The Morgan fingerprint density at radius 3 is 2.60 bits per heavy atom. The molecule has 0 amide bonds. The quantitative estimate of drug-likeness (QED) is 0.216. The summed E-state index contributed by atoms with van der Waals surface area (Å²) in [4.78, 5) is 15.4. The summed E-state index contributed by atoms with van der Waals surface area (Å²) in [6.07, 6.45) is -0.956. The lowest BCUT2D eigenvalue weighted by Gasteiger charge is -2.46.